The van der Waals surface area contributed by atoms with Crippen LogP contribution < -0.4 is 5.32 Å². The lowest BCUT2D eigenvalue weighted by Crippen LogP contribution is -2.21. The van der Waals surface area contributed by atoms with Crippen molar-refractivity contribution in [2.75, 3.05) is 6.54 Å². The van der Waals surface area contributed by atoms with Gasteiger partial charge in [-0.2, -0.15) is 0 Å². The lowest BCUT2D eigenvalue weighted by atomic mass is 10.00. The SMILES string of the molecule is CCNC(c1cccs1)c1c(CC)oc2ccccc12. The topological polar surface area (TPSA) is 25.2 Å². The number of furan rings is 1. The minimum Gasteiger partial charge on any atom is -0.461 e. The van der Waals surface area contributed by atoms with E-state index in [4.69, 9.17) is 4.42 Å². The fraction of sp³-hybridized carbons (Fsp3) is 0.294. The summed E-state index contributed by atoms with van der Waals surface area (Å²) >= 11 is 1.79. The van der Waals surface area contributed by atoms with Gasteiger partial charge in [-0.3, -0.25) is 0 Å². The molecular formula is C17H19NOS. The van der Waals surface area contributed by atoms with Crippen LogP contribution in [0.4, 0.5) is 0 Å². The van der Waals surface area contributed by atoms with Crippen LogP contribution in [0.2, 0.25) is 0 Å². The molecule has 0 spiro atoms. The summed E-state index contributed by atoms with van der Waals surface area (Å²) in [5.41, 5.74) is 2.28. The van der Waals surface area contributed by atoms with Crippen molar-refractivity contribution in [3.63, 3.8) is 0 Å². The summed E-state index contributed by atoms with van der Waals surface area (Å²) in [6.07, 6.45) is 0.914. The van der Waals surface area contributed by atoms with E-state index < -0.39 is 0 Å². The summed E-state index contributed by atoms with van der Waals surface area (Å²) < 4.78 is 6.04. The molecule has 2 heterocycles. The monoisotopic (exact) mass is 285 g/mol. The van der Waals surface area contributed by atoms with Gasteiger partial charge >= 0.3 is 0 Å². The first kappa shape index (κ1) is 13.4. The number of hydrogen-bond donors (Lipinski definition) is 1. The maximum Gasteiger partial charge on any atom is 0.134 e. The first-order valence-electron chi connectivity index (χ1n) is 7.12. The summed E-state index contributed by atoms with van der Waals surface area (Å²) in [6, 6.07) is 12.8. The Morgan fingerprint density at radius 3 is 2.70 bits per heavy atom. The molecule has 2 nitrogen and oxygen atoms in total. The van der Waals surface area contributed by atoms with Crippen LogP contribution in [0.5, 0.6) is 0 Å². The summed E-state index contributed by atoms with van der Waals surface area (Å²) in [7, 11) is 0. The fourth-order valence-electron chi connectivity index (χ4n) is 2.70. The molecule has 0 saturated carbocycles. The van der Waals surface area contributed by atoms with Crippen molar-refractivity contribution in [3.05, 3.63) is 58.0 Å². The summed E-state index contributed by atoms with van der Waals surface area (Å²) in [5.74, 6) is 1.09. The Morgan fingerprint density at radius 1 is 1.15 bits per heavy atom. The van der Waals surface area contributed by atoms with Crippen molar-refractivity contribution in [3.8, 4) is 0 Å². The quantitative estimate of drug-likeness (QED) is 0.731. The highest BCUT2D eigenvalue weighted by molar-refractivity contribution is 7.10. The van der Waals surface area contributed by atoms with Gasteiger partial charge in [0.1, 0.15) is 11.3 Å². The first-order chi connectivity index (χ1) is 9.85. The molecule has 0 aliphatic carbocycles. The van der Waals surface area contributed by atoms with E-state index in [1.54, 1.807) is 11.3 Å². The number of hydrogen-bond acceptors (Lipinski definition) is 3. The van der Waals surface area contributed by atoms with E-state index in [9.17, 15) is 0 Å². The molecule has 0 fully saturated rings. The Hall–Kier alpha value is -1.58. The van der Waals surface area contributed by atoms with Gasteiger partial charge in [-0.15, -0.1) is 11.3 Å². The van der Waals surface area contributed by atoms with E-state index >= 15 is 0 Å². The number of aryl methyl sites for hydroxylation is 1. The third-order valence-electron chi connectivity index (χ3n) is 3.56. The number of rotatable bonds is 5. The van der Waals surface area contributed by atoms with Gasteiger partial charge in [0, 0.05) is 22.2 Å². The van der Waals surface area contributed by atoms with E-state index in [1.807, 2.05) is 6.07 Å². The van der Waals surface area contributed by atoms with E-state index in [2.05, 4.69) is 54.9 Å². The Morgan fingerprint density at radius 2 is 2.00 bits per heavy atom. The molecule has 0 aliphatic heterocycles. The van der Waals surface area contributed by atoms with Gasteiger partial charge in [0.05, 0.1) is 6.04 Å². The van der Waals surface area contributed by atoms with E-state index in [-0.39, 0.29) is 6.04 Å². The van der Waals surface area contributed by atoms with E-state index in [0.29, 0.717) is 0 Å². The third-order valence-corrected chi connectivity index (χ3v) is 4.49. The molecule has 2 aromatic heterocycles. The van der Waals surface area contributed by atoms with E-state index in [1.165, 1.54) is 15.8 Å². The highest BCUT2D eigenvalue weighted by Gasteiger charge is 2.23. The molecule has 1 atom stereocenters. The van der Waals surface area contributed by atoms with Crippen molar-refractivity contribution in [1.29, 1.82) is 0 Å². The zero-order chi connectivity index (χ0) is 13.9. The Bertz CT molecular complexity index is 684. The van der Waals surface area contributed by atoms with Gasteiger partial charge in [0.25, 0.3) is 0 Å². The number of nitrogens with one attached hydrogen (secondary N) is 1. The molecule has 20 heavy (non-hydrogen) atoms. The predicted octanol–water partition coefficient (Wildman–Crippen LogP) is 4.76. The highest BCUT2D eigenvalue weighted by Crippen LogP contribution is 2.36. The van der Waals surface area contributed by atoms with Crippen molar-refractivity contribution < 1.29 is 4.42 Å². The number of para-hydroxylation sites is 1. The molecule has 1 unspecified atom stereocenters. The Kier molecular flexibility index (Phi) is 3.90. The maximum atomic E-state index is 6.04. The molecule has 3 rings (SSSR count). The van der Waals surface area contributed by atoms with Gasteiger partial charge in [-0.25, -0.2) is 0 Å². The van der Waals surface area contributed by atoms with Crippen LogP contribution in [0.1, 0.15) is 36.1 Å². The summed E-state index contributed by atoms with van der Waals surface area (Å²) in [6.45, 7) is 5.23. The van der Waals surface area contributed by atoms with E-state index in [0.717, 1.165) is 24.3 Å². The number of thiophene rings is 1. The van der Waals surface area contributed by atoms with Crippen LogP contribution in [0.15, 0.2) is 46.2 Å². The Labute approximate surface area is 123 Å². The molecule has 0 saturated heterocycles. The zero-order valence-electron chi connectivity index (χ0n) is 11.8. The number of fused-ring (bicyclic) bond motifs is 1. The molecule has 104 valence electrons. The predicted molar refractivity (Wildman–Crippen MR) is 85.4 cm³/mol. The lowest BCUT2D eigenvalue weighted by molar-refractivity contribution is 0.535. The van der Waals surface area contributed by atoms with Crippen LogP contribution in [0.25, 0.3) is 11.0 Å². The van der Waals surface area contributed by atoms with Gasteiger partial charge in [0.15, 0.2) is 0 Å². The van der Waals surface area contributed by atoms with Crippen LogP contribution in [-0.4, -0.2) is 6.54 Å². The third kappa shape index (κ3) is 2.28. The summed E-state index contributed by atoms with van der Waals surface area (Å²) in [5, 5.41) is 6.96. The van der Waals surface area contributed by atoms with Crippen molar-refractivity contribution in [2.45, 2.75) is 26.3 Å². The molecule has 0 bridgehead atoms. The summed E-state index contributed by atoms with van der Waals surface area (Å²) in [4.78, 5) is 1.34. The molecule has 1 aromatic carbocycles. The van der Waals surface area contributed by atoms with Crippen LogP contribution >= 0.6 is 11.3 Å². The Balaban J connectivity index is 2.19. The maximum absolute atomic E-state index is 6.04. The average Bonchev–Trinajstić information content (AvgIpc) is 3.12. The average molecular weight is 285 g/mol. The lowest BCUT2D eigenvalue weighted by Gasteiger charge is -2.17. The standard InChI is InChI=1S/C17H19NOS/c1-3-13-16(12-8-5-6-9-14(12)19-13)17(18-4-2)15-10-7-11-20-15/h5-11,17-18H,3-4H2,1-2H3. The minimum absolute atomic E-state index is 0.221. The van der Waals surface area contributed by atoms with Crippen LogP contribution in [0.3, 0.4) is 0 Å². The number of benzene rings is 1. The molecule has 0 aliphatic rings. The molecule has 1 N–H and O–H groups in total. The van der Waals surface area contributed by atoms with Crippen LogP contribution in [0, 0.1) is 0 Å². The largest absolute Gasteiger partial charge is 0.461 e. The zero-order valence-corrected chi connectivity index (χ0v) is 12.7. The highest BCUT2D eigenvalue weighted by atomic mass is 32.1. The molecule has 0 amide bonds. The normalized spacial score (nSPS) is 12.9. The molecule has 0 radical (unpaired) electrons. The second-order valence-electron chi connectivity index (χ2n) is 4.79. The van der Waals surface area contributed by atoms with Crippen molar-refractivity contribution in [2.24, 2.45) is 0 Å². The molecule has 3 heteroatoms. The van der Waals surface area contributed by atoms with Gasteiger partial charge in [-0.1, -0.05) is 38.1 Å². The second-order valence-corrected chi connectivity index (χ2v) is 5.77. The first-order valence-corrected chi connectivity index (χ1v) is 8.00. The minimum atomic E-state index is 0.221. The second kappa shape index (κ2) is 5.81. The molecule has 3 aromatic rings. The van der Waals surface area contributed by atoms with Crippen molar-refractivity contribution in [1.82, 2.24) is 5.32 Å². The van der Waals surface area contributed by atoms with Gasteiger partial charge < -0.3 is 9.73 Å². The van der Waals surface area contributed by atoms with Crippen molar-refractivity contribution >= 4 is 22.3 Å². The molecular weight excluding hydrogens is 266 g/mol. The smallest absolute Gasteiger partial charge is 0.134 e. The van der Waals surface area contributed by atoms with Gasteiger partial charge in [0.2, 0.25) is 0 Å². The van der Waals surface area contributed by atoms with Gasteiger partial charge in [-0.05, 0) is 24.1 Å². The fourth-order valence-corrected chi connectivity index (χ4v) is 3.51. The van der Waals surface area contributed by atoms with Crippen LogP contribution in [-0.2, 0) is 6.42 Å².